The second-order valence-corrected chi connectivity index (χ2v) is 6.20. The van der Waals surface area contributed by atoms with E-state index in [1.807, 2.05) is 19.2 Å². The van der Waals surface area contributed by atoms with Crippen LogP contribution >= 0.6 is 0 Å². The van der Waals surface area contributed by atoms with Crippen LogP contribution in [0, 0.1) is 0 Å². The highest BCUT2D eigenvalue weighted by atomic mass is 16.2. The van der Waals surface area contributed by atoms with E-state index in [1.165, 1.54) is 11.3 Å². The Morgan fingerprint density at radius 3 is 2.83 bits per heavy atom. The lowest BCUT2D eigenvalue weighted by molar-refractivity contribution is -0.124. The molecule has 0 radical (unpaired) electrons. The zero-order valence-electron chi connectivity index (χ0n) is 13.9. The van der Waals surface area contributed by atoms with Crippen LogP contribution in [0.3, 0.4) is 0 Å². The maximum Gasteiger partial charge on any atom is 0.246 e. The number of hydrogen-bond donors (Lipinski definition) is 2. The van der Waals surface area contributed by atoms with Crippen molar-refractivity contribution >= 4 is 23.5 Å². The highest BCUT2D eigenvalue weighted by Crippen LogP contribution is 2.35. The predicted molar refractivity (Wildman–Crippen MR) is 97.6 cm³/mol. The average molecular weight is 322 g/mol. The molecule has 2 aromatic rings. The van der Waals surface area contributed by atoms with Crippen LogP contribution in [0.5, 0.6) is 0 Å². The third-order valence-electron chi connectivity index (χ3n) is 4.47. The van der Waals surface area contributed by atoms with Gasteiger partial charge >= 0.3 is 0 Å². The first-order valence-corrected chi connectivity index (χ1v) is 8.05. The number of aromatic nitrogens is 1. The van der Waals surface area contributed by atoms with Gasteiger partial charge in [-0.15, -0.1) is 0 Å². The lowest BCUT2D eigenvalue weighted by atomic mass is 9.97. The van der Waals surface area contributed by atoms with Crippen molar-refractivity contribution in [2.24, 2.45) is 0 Å². The van der Waals surface area contributed by atoms with Gasteiger partial charge in [-0.3, -0.25) is 4.79 Å². The molecule has 3 rings (SSSR count). The summed E-state index contributed by atoms with van der Waals surface area (Å²) < 4.78 is 0. The van der Waals surface area contributed by atoms with Crippen molar-refractivity contribution in [1.82, 2.24) is 9.88 Å². The van der Waals surface area contributed by atoms with E-state index in [0.717, 1.165) is 5.56 Å². The second kappa shape index (κ2) is 6.74. The molecule has 0 fully saturated rings. The first-order chi connectivity index (χ1) is 11.5. The molecule has 0 spiro atoms. The van der Waals surface area contributed by atoms with Crippen LogP contribution in [0.15, 0.2) is 48.7 Å². The molecule has 124 valence electrons. The van der Waals surface area contributed by atoms with Gasteiger partial charge in [0, 0.05) is 37.5 Å². The quantitative estimate of drug-likeness (QED) is 0.849. The van der Waals surface area contributed by atoms with Crippen molar-refractivity contribution < 1.29 is 4.79 Å². The number of fused-ring (bicyclic) bond motifs is 1. The molecule has 2 atom stereocenters. The van der Waals surface area contributed by atoms with Gasteiger partial charge in [-0.2, -0.15) is 0 Å². The Balaban J connectivity index is 1.60. The Bertz CT molecular complexity index is 754. The van der Waals surface area contributed by atoms with Crippen molar-refractivity contribution in [2.75, 3.05) is 24.6 Å². The zero-order valence-corrected chi connectivity index (χ0v) is 13.9. The van der Waals surface area contributed by atoms with Crippen molar-refractivity contribution in [2.45, 2.75) is 18.9 Å². The normalized spacial score (nSPS) is 19.1. The van der Waals surface area contributed by atoms with Crippen LogP contribution in [-0.4, -0.2) is 35.4 Å². The highest BCUT2D eigenvalue weighted by Gasteiger charge is 2.29. The molecule has 1 aliphatic rings. The molecule has 0 saturated carbocycles. The predicted octanol–water partition coefficient (Wildman–Crippen LogP) is 2.73. The summed E-state index contributed by atoms with van der Waals surface area (Å²) >= 11 is 0. The monoisotopic (exact) mass is 322 g/mol. The van der Waals surface area contributed by atoms with Crippen molar-refractivity contribution in [3.05, 3.63) is 59.8 Å². The standard InChI is InChI=1S/C19H22N4O/c1-13-15-5-3-4-6-16(15)22-17(13)12-23(2)19(24)10-8-14-7-9-18(20)21-11-14/h3-11,13,17,22H,12H2,1-2H3,(H2,20,21)/b10-8+. The van der Waals surface area contributed by atoms with E-state index in [4.69, 9.17) is 5.73 Å². The fourth-order valence-corrected chi connectivity index (χ4v) is 2.97. The van der Waals surface area contributed by atoms with Gasteiger partial charge in [-0.25, -0.2) is 4.98 Å². The SMILES string of the molecule is CC1c2ccccc2NC1CN(C)C(=O)/C=C/c1ccc(N)nc1. The van der Waals surface area contributed by atoms with Gasteiger partial charge in [0.15, 0.2) is 0 Å². The number of nitrogen functional groups attached to an aromatic ring is 1. The number of pyridine rings is 1. The van der Waals surface area contributed by atoms with Gasteiger partial charge in [0.05, 0.1) is 6.04 Å². The number of anilines is 2. The molecule has 1 aliphatic heterocycles. The number of carbonyl (C=O) groups is 1. The number of rotatable bonds is 4. The molecule has 3 N–H and O–H groups in total. The maximum absolute atomic E-state index is 12.3. The molecule has 0 bridgehead atoms. The third-order valence-corrected chi connectivity index (χ3v) is 4.47. The summed E-state index contributed by atoms with van der Waals surface area (Å²) in [6, 6.07) is 12.1. The molecule has 1 aromatic heterocycles. The summed E-state index contributed by atoms with van der Waals surface area (Å²) in [6.07, 6.45) is 4.97. The average Bonchev–Trinajstić information content (AvgIpc) is 2.90. The Kier molecular flexibility index (Phi) is 4.51. The Labute approximate surface area is 142 Å². The van der Waals surface area contributed by atoms with Crippen LogP contribution in [0.1, 0.15) is 24.0 Å². The van der Waals surface area contributed by atoms with Crippen LogP contribution in [-0.2, 0) is 4.79 Å². The number of hydrogen-bond acceptors (Lipinski definition) is 4. The second-order valence-electron chi connectivity index (χ2n) is 6.20. The third kappa shape index (κ3) is 3.40. The van der Waals surface area contributed by atoms with Crippen LogP contribution in [0.25, 0.3) is 6.08 Å². The molecule has 5 nitrogen and oxygen atoms in total. The number of nitrogens with one attached hydrogen (secondary N) is 1. The summed E-state index contributed by atoms with van der Waals surface area (Å²) in [7, 11) is 1.82. The van der Waals surface area contributed by atoms with Gasteiger partial charge in [-0.1, -0.05) is 25.1 Å². The number of benzene rings is 1. The summed E-state index contributed by atoms with van der Waals surface area (Å²) in [6.45, 7) is 2.84. The van der Waals surface area contributed by atoms with Gasteiger partial charge in [-0.05, 0) is 35.4 Å². The molecule has 1 amide bonds. The summed E-state index contributed by atoms with van der Waals surface area (Å²) in [5.74, 6) is 0.815. The molecule has 24 heavy (non-hydrogen) atoms. The molecule has 2 unspecified atom stereocenters. The fraction of sp³-hybridized carbons (Fsp3) is 0.263. The smallest absolute Gasteiger partial charge is 0.246 e. The van der Waals surface area contributed by atoms with Crippen LogP contribution in [0.2, 0.25) is 0 Å². The van der Waals surface area contributed by atoms with E-state index in [9.17, 15) is 4.79 Å². The molecular weight excluding hydrogens is 300 g/mol. The molecular formula is C19H22N4O. The molecule has 0 aliphatic carbocycles. The van der Waals surface area contributed by atoms with E-state index < -0.39 is 0 Å². The van der Waals surface area contributed by atoms with Crippen molar-refractivity contribution in [3.8, 4) is 0 Å². The van der Waals surface area contributed by atoms with Gasteiger partial charge < -0.3 is 16.0 Å². The molecule has 1 aromatic carbocycles. The molecule has 2 heterocycles. The zero-order chi connectivity index (χ0) is 17.1. The number of nitrogens with two attached hydrogens (primary N) is 1. The summed E-state index contributed by atoms with van der Waals surface area (Å²) in [5, 5.41) is 3.51. The maximum atomic E-state index is 12.3. The van der Waals surface area contributed by atoms with Gasteiger partial charge in [0.2, 0.25) is 5.91 Å². The van der Waals surface area contributed by atoms with E-state index in [-0.39, 0.29) is 11.9 Å². The number of para-hydroxylation sites is 1. The number of nitrogens with zero attached hydrogens (tertiary/aromatic N) is 2. The Morgan fingerprint density at radius 1 is 1.33 bits per heavy atom. The van der Waals surface area contributed by atoms with E-state index in [1.54, 1.807) is 29.3 Å². The Morgan fingerprint density at radius 2 is 2.12 bits per heavy atom. The first kappa shape index (κ1) is 16.1. The van der Waals surface area contributed by atoms with E-state index in [0.29, 0.717) is 18.3 Å². The first-order valence-electron chi connectivity index (χ1n) is 8.05. The minimum Gasteiger partial charge on any atom is -0.384 e. The molecule has 0 saturated heterocycles. The van der Waals surface area contributed by atoms with E-state index >= 15 is 0 Å². The number of amides is 1. The number of likely N-dealkylation sites (N-methyl/N-ethyl adjacent to an activating group) is 1. The summed E-state index contributed by atoms with van der Waals surface area (Å²) in [5.41, 5.74) is 8.88. The van der Waals surface area contributed by atoms with E-state index in [2.05, 4.69) is 35.4 Å². The van der Waals surface area contributed by atoms with Crippen molar-refractivity contribution in [3.63, 3.8) is 0 Å². The lowest BCUT2D eigenvalue weighted by Gasteiger charge is -2.23. The largest absolute Gasteiger partial charge is 0.384 e. The van der Waals surface area contributed by atoms with Crippen LogP contribution < -0.4 is 11.1 Å². The fourth-order valence-electron chi connectivity index (χ4n) is 2.97. The molecule has 5 heteroatoms. The van der Waals surface area contributed by atoms with Crippen molar-refractivity contribution in [1.29, 1.82) is 0 Å². The Hall–Kier alpha value is -2.82. The highest BCUT2D eigenvalue weighted by molar-refractivity contribution is 5.91. The minimum atomic E-state index is -0.0308. The topological polar surface area (TPSA) is 71.2 Å². The van der Waals surface area contributed by atoms with Crippen LogP contribution in [0.4, 0.5) is 11.5 Å². The van der Waals surface area contributed by atoms with Gasteiger partial charge in [0.25, 0.3) is 0 Å². The van der Waals surface area contributed by atoms with Gasteiger partial charge in [0.1, 0.15) is 5.82 Å². The number of carbonyl (C=O) groups excluding carboxylic acids is 1. The lowest BCUT2D eigenvalue weighted by Crippen LogP contribution is -2.37. The minimum absolute atomic E-state index is 0.0308. The summed E-state index contributed by atoms with van der Waals surface area (Å²) in [4.78, 5) is 18.1.